The van der Waals surface area contributed by atoms with Crippen molar-refractivity contribution in [3.63, 3.8) is 0 Å². The minimum absolute atomic E-state index is 0.00171. The van der Waals surface area contributed by atoms with Gasteiger partial charge in [0.05, 0.1) is 18.1 Å². The van der Waals surface area contributed by atoms with Crippen LogP contribution in [0.1, 0.15) is 26.7 Å². The number of likely N-dealkylation sites (N-methyl/N-ethyl adjacent to an activating group) is 1. The number of hydrogen-bond acceptors (Lipinski definition) is 6. The number of carbonyl (C=O) groups excluding carboxylic acids is 2. The highest BCUT2D eigenvalue weighted by Gasteiger charge is 2.60. The molecule has 3 fully saturated rings. The Hall–Kier alpha value is -1.84. The van der Waals surface area contributed by atoms with E-state index in [2.05, 4.69) is 10.2 Å². The molecule has 0 aromatic carbocycles. The average Bonchev–Trinajstić information content (AvgIpc) is 3.26. The summed E-state index contributed by atoms with van der Waals surface area (Å²) < 4.78 is 0. The number of nitrogens with one attached hydrogen (secondary N) is 1. The van der Waals surface area contributed by atoms with E-state index in [1.54, 1.807) is 18.7 Å². The molecule has 0 radical (unpaired) electrons. The highest BCUT2D eigenvalue weighted by Crippen LogP contribution is 2.52. The fraction of sp³-hybridized carbons (Fsp3) is 0.650. The Kier molecular flexibility index (Phi) is 5.25. The molecule has 4 heterocycles. The van der Waals surface area contributed by atoms with Gasteiger partial charge in [-0.3, -0.25) is 14.5 Å². The Morgan fingerprint density at radius 1 is 1.38 bits per heavy atom. The van der Waals surface area contributed by atoms with Crippen LogP contribution in [0, 0.1) is 11.8 Å². The molecule has 0 spiro atoms. The van der Waals surface area contributed by atoms with Crippen LogP contribution in [0.5, 0.6) is 0 Å². The number of carboxylic acid groups (broad SMARTS) is 1. The first-order valence-corrected chi connectivity index (χ1v) is 10.9. The smallest absolute Gasteiger partial charge is 0.353 e. The SMILES string of the molecule is C[C@@H](O)[C@H]1C(=O)N2C(C(=O)O)=C(S[C@H]3C[C@@H](C=C4CCNC4=O)N(C)C3)[C@H](C)[C@H]12. The second-order valence-corrected chi connectivity index (χ2v) is 9.79. The van der Waals surface area contributed by atoms with Crippen molar-refractivity contribution in [2.45, 2.75) is 50.1 Å². The van der Waals surface area contributed by atoms with Crippen LogP contribution in [0.2, 0.25) is 0 Å². The maximum absolute atomic E-state index is 12.5. The highest BCUT2D eigenvalue weighted by molar-refractivity contribution is 8.03. The molecule has 0 aliphatic carbocycles. The average molecular weight is 422 g/mol. The van der Waals surface area contributed by atoms with Gasteiger partial charge >= 0.3 is 5.97 Å². The summed E-state index contributed by atoms with van der Waals surface area (Å²) in [4.78, 5) is 40.5. The van der Waals surface area contributed by atoms with Gasteiger partial charge in [-0.05, 0) is 26.8 Å². The third-order valence-electron chi connectivity index (χ3n) is 6.53. The van der Waals surface area contributed by atoms with Crippen molar-refractivity contribution in [2.24, 2.45) is 11.8 Å². The van der Waals surface area contributed by atoms with Gasteiger partial charge < -0.3 is 20.4 Å². The van der Waals surface area contributed by atoms with Gasteiger partial charge in [0.15, 0.2) is 0 Å². The maximum Gasteiger partial charge on any atom is 0.353 e. The minimum Gasteiger partial charge on any atom is -0.477 e. The Balaban J connectivity index is 1.52. The Morgan fingerprint density at radius 2 is 2.10 bits per heavy atom. The summed E-state index contributed by atoms with van der Waals surface area (Å²) in [6.45, 7) is 4.99. The zero-order valence-electron chi connectivity index (χ0n) is 16.8. The quantitative estimate of drug-likeness (QED) is 0.435. The van der Waals surface area contributed by atoms with Crippen molar-refractivity contribution in [1.29, 1.82) is 0 Å². The second kappa shape index (κ2) is 7.45. The van der Waals surface area contributed by atoms with E-state index in [1.807, 2.05) is 20.0 Å². The number of amides is 2. The highest BCUT2D eigenvalue weighted by atomic mass is 32.2. The number of aliphatic hydroxyl groups is 1. The number of likely N-dealkylation sites (tertiary alicyclic amines) is 1. The fourth-order valence-electron chi connectivity index (χ4n) is 5.05. The number of thioether (sulfide) groups is 1. The summed E-state index contributed by atoms with van der Waals surface area (Å²) in [5.41, 5.74) is 0.899. The second-order valence-electron chi connectivity index (χ2n) is 8.45. The van der Waals surface area contributed by atoms with E-state index in [9.17, 15) is 24.6 Å². The molecule has 0 saturated carbocycles. The summed E-state index contributed by atoms with van der Waals surface area (Å²) >= 11 is 1.54. The molecule has 9 heteroatoms. The van der Waals surface area contributed by atoms with Gasteiger partial charge in [-0.25, -0.2) is 4.79 Å². The van der Waals surface area contributed by atoms with E-state index >= 15 is 0 Å². The van der Waals surface area contributed by atoms with Crippen LogP contribution in [0.15, 0.2) is 22.3 Å². The van der Waals surface area contributed by atoms with E-state index in [0.29, 0.717) is 6.54 Å². The zero-order valence-corrected chi connectivity index (χ0v) is 17.6. The van der Waals surface area contributed by atoms with Crippen molar-refractivity contribution < 1.29 is 24.6 Å². The Morgan fingerprint density at radius 3 is 2.69 bits per heavy atom. The molecule has 29 heavy (non-hydrogen) atoms. The summed E-state index contributed by atoms with van der Waals surface area (Å²) in [7, 11) is 2.01. The van der Waals surface area contributed by atoms with Crippen LogP contribution < -0.4 is 5.32 Å². The van der Waals surface area contributed by atoms with Crippen molar-refractivity contribution in [3.05, 3.63) is 22.3 Å². The van der Waals surface area contributed by atoms with Gasteiger partial charge in [0, 0.05) is 40.8 Å². The van der Waals surface area contributed by atoms with Gasteiger partial charge in [0.25, 0.3) is 0 Å². The van der Waals surface area contributed by atoms with E-state index in [4.69, 9.17) is 0 Å². The largest absolute Gasteiger partial charge is 0.477 e. The van der Waals surface area contributed by atoms with Crippen molar-refractivity contribution >= 4 is 29.5 Å². The lowest BCUT2D eigenvalue weighted by Gasteiger charge is -2.46. The number of rotatable bonds is 5. The van der Waals surface area contributed by atoms with Gasteiger partial charge in [0.2, 0.25) is 11.8 Å². The molecule has 3 saturated heterocycles. The third-order valence-corrected chi connectivity index (χ3v) is 8.03. The lowest BCUT2D eigenvalue weighted by Crippen LogP contribution is -2.63. The molecule has 2 amide bonds. The van der Waals surface area contributed by atoms with Crippen molar-refractivity contribution in [2.75, 3.05) is 20.1 Å². The monoisotopic (exact) mass is 421 g/mol. The molecule has 158 valence electrons. The minimum atomic E-state index is -1.09. The van der Waals surface area contributed by atoms with Gasteiger partial charge in [-0.1, -0.05) is 13.0 Å². The number of β-lactam (4-membered cyclic amide) rings is 1. The van der Waals surface area contributed by atoms with E-state index in [1.165, 1.54) is 4.90 Å². The molecule has 0 aromatic rings. The Bertz CT molecular complexity index is 823. The van der Waals surface area contributed by atoms with E-state index < -0.39 is 18.0 Å². The van der Waals surface area contributed by atoms with E-state index in [-0.39, 0.29) is 40.8 Å². The molecule has 0 bridgehead atoms. The molecule has 0 aromatic heterocycles. The van der Waals surface area contributed by atoms with Crippen LogP contribution in [-0.4, -0.2) is 81.4 Å². The number of aliphatic carboxylic acids is 1. The molecule has 3 N–H and O–H groups in total. The number of fused-ring (bicyclic) bond motifs is 1. The van der Waals surface area contributed by atoms with Crippen LogP contribution in [-0.2, 0) is 14.4 Å². The molecule has 4 aliphatic heterocycles. The first-order valence-electron chi connectivity index (χ1n) is 10.0. The number of nitrogens with zero attached hydrogens (tertiary/aromatic N) is 2. The number of carboxylic acids is 1. The predicted molar refractivity (Wildman–Crippen MR) is 108 cm³/mol. The summed E-state index contributed by atoms with van der Waals surface area (Å²) in [5.74, 6) is -2.05. The summed E-state index contributed by atoms with van der Waals surface area (Å²) in [5, 5.41) is 22.7. The number of aliphatic hydroxyl groups excluding tert-OH is 1. The lowest BCUT2D eigenvalue weighted by atomic mass is 9.79. The molecular weight excluding hydrogens is 394 g/mol. The van der Waals surface area contributed by atoms with Gasteiger partial charge in [-0.2, -0.15) is 0 Å². The van der Waals surface area contributed by atoms with Crippen LogP contribution in [0.4, 0.5) is 0 Å². The zero-order chi connectivity index (χ0) is 21.0. The van der Waals surface area contributed by atoms with E-state index in [0.717, 1.165) is 29.9 Å². The molecule has 8 nitrogen and oxygen atoms in total. The molecule has 4 aliphatic rings. The maximum atomic E-state index is 12.5. The molecular formula is C20H27N3O5S. The standard InChI is InChI=1S/C20H27N3O5S/c1-9-15-14(10(2)24)19(26)23(15)16(20(27)28)17(9)29-13-7-12(22(3)8-13)6-11-4-5-21-18(11)25/h6,9-10,12-15,24H,4-5,7-8H2,1-3H3,(H,21,25)(H,27,28)/t9-,10-,12-,13+,14-,15-/m1/s1. The number of hydrogen-bond donors (Lipinski definition) is 3. The lowest BCUT2D eigenvalue weighted by molar-refractivity contribution is -0.163. The van der Waals surface area contributed by atoms with Crippen LogP contribution in [0.25, 0.3) is 0 Å². The normalized spacial score (nSPS) is 37.2. The molecule has 4 rings (SSSR count). The Labute approximate surface area is 174 Å². The van der Waals surface area contributed by atoms with Crippen molar-refractivity contribution in [3.8, 4) is 0 Å². The third kappa shape index (κ3) is 3.29. The fourth-order valence-corrected chi connectivity index (χ4v) is 6.66. The predicted octanol–water partition coefficient (Wildman–Crippen LogP) is 0.392. The molecule has 6 atom stereocenters. The van der Waals surface area contributed by atoms with Gasteiger partial charge in [-0.15, -0.1) is 11.8 Å². The van der Waals surface area contributed by atoms with Crippen molar-refractivity contribution in [1.82, 2.24) is 15.1 Å². The summed E-state index contributed by atoms with van der Waals surface area (Å²) in [6, 6.07) is -0.142. The van der Waals surface area contributed by atoms with Crippen LogP contribution >= 0.6 is 11.8 Å². The molecule has 0 unspecified atom stereocenters. The van der Waals surface area contributed by atoms with Crippen LogP contribution in [0.3, 0.4) is 0 Å². The van der Waals surface area contributed by atoms with Gasteiger partial charge in [0.1, 0.15) is 5.70 Å². The summed E-state index contributed by atoms with van der Waals surface area (Å²) in [6.07, 6.45) is 2.80. The first-order chi connectivity index (χ1) is 13.7. The topological polar surface area (TPSA) is 110 Å². The first kappa shape index (κ1) is 20.4. The number of carbonyl (C=O) groups is 3.